The van der Waals surface area contributed by atoms with E-state index in [9.17, 15) is 37.9 Å². The standard InChI is InChI=1S/C16H25N2O7P.C15H25N2O8P.C15H25N2O7P.CH4/c1-9(2)24-14-13(10(3)8-26(20,21)22)25-16(15(14)23-5)18-7-6-12(19)17-11(18)4;1-8(2)23-13-12(9(3)25-26(19,20)21)24-15(14(13)22-5)17-7-6-11(18)16-10(17)4;1-9(2)23-13-11(6-8-25(19,20)21)24-15(14(13)22-4)17-7-5-12(18)16-10(17)3;/h6-9,13-16H,4H2,1-3,5H3,(H,17,19)(H2,20,21,22);6-9,12-15H,4H2,1-3,5H3,(H,16,18)(H2,19,20,21);5,7,9,11,13-15H,3,6,8H2,1-2,4H3,(H,16,18)(H2,19,20,21);1H4/b10-8+;;;/t13-,14+,15?,16-;9?,12-,13+,14?,15-;11-,13+,14?,15-;/m111./s1. The zero-order chi connectivity index (χ0) is 58.1. The van der Waals surface area contributed by atoms with Gasteiger partial charge in [0.25, 0.3) is 17.7 Å². The minimum Gasteiger partial charge on any atom is -0.374 e. The van der Waals surface area contributed by atoms with Crippen molar-refractivity contribution in [3.8, 4) is 0 Å². The summed E-state index contributed by atoms with van der Waals surface area (Å²) in [5, 5.41) is 7.72. The first-order valence-electron chi connectivity index (χ1n) is 24.1. The summed E-state index contributed by atoms with van der Waals surface area (Å²) in [4.78, 5) is 94.1. The van der Waals surface area contributed by atoms with Gasteiger partial charge in [0.15, 0.2) is 18.7 Å². The Labute approximate surface area is 454 Å². The van der Waals surface area contributed by atoms with Gasteiger partial charge in [0.05, 0.1) is 36.7 Å². The number of carbonyl (C=O) groups is 3. The number of phosphoric ester groups is 1. The zero-order valence-corrected chi connectivity index (χ0v) is 47.4. The van der Waals surface area contributed by atoms with E-state index >= 15 is 0 Å². The smallest absolute Gasteiger partial charge is 0.374 e. The maximum Gasteiger partial charge on any atom is 0.469 e. The minimum absolute atomic E-state index is 0. The van der Waals surface area contributed by atoms with Gasteiger partial charge in [-0.2, -0.15) is 0 Å². The van der Waals surface area contributed by atoms with E-state index in [1.54, 1.807) is 21.6 Å². The predicted molar refractivity (Wildman–Crippen MR) is 280 cm³/mol. The number of hydrogen-bond donors (Lipinski definition) is 9. The Kier molecular flexibility index (Phi) is 25.5. The largest absolute Gasteiger partial charge is 0.469 e. The molecule has 6 rings (SSSR count). The maximum absolute atomic E-state index is 11.4. The van der Waals surface area contributed by atoms with Crippen LogP contribution in [0.5, 0.6) is 0 Å². The lowest BCUT2D eigenvalue weighted by molar-refractivity contribution is -0.120. The molecule has 6 aliphatic heterocycles. The molecule has 0 aliphatic carbocycles. The molecule has 4 unspecified atom stereocenters. The van der Waals surface area contributed by atoms with Crippen molar-refractivity contribution in [3.63, 3.8) is 0 Å². The Morgan fingerprint density at radius 1 is 0.615 bits per heavy atom. The van der Waals surface area contributed by atoms with Crippen LogP contribution < -0.4 is 16.0 Å². The second kappa shape index (κ2) is 29.1. The number of rotatable bonds is 20. The molecule has 13 atom stereocenters. The number of nitrogens with one attached hydrogen (secondary N) is 3. The van der Waals surface area contributed by atoms with Gasteiger partial charge in [0, 0.05) is 64.0 Å². The first-order valence-corrected chi connectivity index (χ1v) is 29.1. The normalized spacial score (nSPS) is 30.1. The fraction of sp³-hybridized carbons (Fsp3) is 0.638. The van der Waals surface area contributed by atoms with Gasteiger partial charge >= 0.3 is 23.0 Å². The van der Waals surface area contributed by atoms with Crippen molar-refractivity contribution in [2.24, 2.45) is 0 Å². The molecule has 444 valence electrons. The van der Waals surface area contributed by atoms with Gasteiger partial charge in [-0.25, -0.2) is 4.57 Å². The molecule has 6 heterocycles. The minimum atomic E-state index is -4.71. The molecule has 0 saturated carbocycles. The molecule has 3 saturated heterocycles. The second-order valence-electron chi connectivity index (χ2n) is 19.0. The molecule has 3 fully saturated rings. The lowest BCUT2D eigenvalue weighted by Crippen LogP contribution is -2.48. The molecular formula is C47H79N6O22P3. The topological polar surface area (TPSA) is 362 Å². The average Bonchev–Trinajstić information content (AvgIpc) is 3.94. The highest BCUT2D eigenvalue weighted by atomic mass is 31.2. The molecule has 0 radical (unpaired) electrons. The van der Waals surface area contributed by atoms with Crippen molar-refractivity contribution in [2.45, 2.75) is 167 Å². The van der Waals surface area contributed by atoms with Crippen LogP contribution in [0.2, 0.25) is 0 Å². The molecule has 6 aliphatic rings. The highest BCUT2D eigenvalue weighted by molar-refractivity contribution is 7.55. The van der Waals surface area contributed by atoms with Gasteiger partial charge in [-0.3, -0.25) is 28.0 Å². The van der Waals surface area contributed by atoms with Gasteiger partial charge in [0.1, 0.15) is 66.3 Å². The van der Waals surface area contributed by atoms with E-state index in [1.807, 2.05) is 41.5 Å². The summed E-state index contributed by atoms with van der Waals surface area (Å²) in [6.45, 7) is 25.5. The van der Waals surface area contributed by atoms with Crippen molar-refractivity contribution < 1.29 is 105 Å². The van der Waals surface area contributed by atoms with E-state index in [4.69, 9.17) is 66.7 Å². The van der Waals surface area contributed by atoms with Crippen LogP contribution >= 0.6 is 23.0 Å². The summed E-state index contributed by atoms with van der Waals surface area (Å²) in [6, 6.07) is 0. The molecule has 3 amide bonds. The Balaban J connectivity index is 0.000000306. The summed E-state index contributed by atoms with van der Waals surface area (Å²) < 4.78 is 91.0. The molecule has 0 aromatic carbocycles. The van der Waals surface area contributed by atoms with Crippen LogP contribution in [0.15, 0.2) is 85.4 Å². The van der Waals surface area contributed by atoms with Gasteiger partial charge in [-0.1, -0.05) is 27.2 Å². The van der Waals surface area contributed by atoms with Crippen LogP contribution in [-0.2, 0) is 75.2 Å². The first-order chi connectivity index (χ1) is 35.7. The zero-order valence-electron chi connectivity index (χ0n) is 44.7. The molecular weight excluding hydrogens is 1090 g/mol. The van der Waals surface area contributed by atoms with Crippen LogP contribution in [0.25, 0.3) is 0 Å². The van der Waals surface area contributed by atoms with E-state index in [0.717, 1.165) is 5.82 Å². The lowest BCUT2D eigenvalue weighted by atomic mass is 10.0. The highest BCUT2D eigenvalue weighted by Gasteiger charge is 2.54. The van der Waals surface area contributed by atoms with Gasteiger partial charge in [-0.05, 0) is 67.4 Å². The summed E-state index contributed by atoms with van der Waals surface area (Å²) in [7, 11) is -8.76. The summed E-state index contributed by atoms with van der Waals surface area (Å²) >= 11 is 0. The van der Waals surface area contributed by atoms with E-state index in [1.165, 1.54) is 65.1 Å². The van der Waals surface area contributed by atoms with Crippen LogP contribution in [0.4, 0.5) is 0 Å². The van der Waals surface area contributed by atoms with E-state index in [-0.39, 0.29) is 61.9 Å². The lowest BCUT2D eigenvalue weighted by Gasteiger charge is -2.34. The van der Waals surface area contributed by atoms with Crippen molar-refractivity contribution in [3.05, 3.63) is 85.4 Å². The van der Waals surface area contributed by atoms with Crippen LogP contribution in [0.3, 0.4) is 0 Å². The summed E-state index contributed by atoms with van der Waals surface area (Å²) in [5.41, 5.74) is 0.337. The third-order valence-electron chi connectivity index (χ3n) is 11.8. The Bertz CT molecular complexity index is 2390. The van der Waals surface area contributed by atoms with Crippen LogP contribution in [0, 0.1) is 0 Å². The number of methoxy groups -OCH3 is 3. The Hall–Kier alpha value is -3.96. The molecule has 0 spiro atoms. The molecule has 28 nitrogen and oxygen atoms in total. The van der Waals surface area contributed by atoms with Crippen molar-refractivity contribution >= 4 is 40.7 Å². The van der Waals surface area contributed by atoms with Crippen LogP contribution in [-0.4, -0.2) is 187 Å². The van der Waals surface area contributed by atoms with E-state index in [2.05, 4.69) is 35.7 Å². The fourth-order valence-corrected chi connectivity index (χ4v) is 10.7. The quantitative estimate of drug-likeness (QED) is 0.0791. The van der Waals surface area contributed by atoms with Crippen molar-refractivity contribution in [1.29, 1.82) is 0 Å². The highest BCUT2D eigenvalue weighted by Crippen LogP contribution is 2.44. The maximum atomic E-state index is 11.4. The number of nitrogens with zero attached hydrogens (tertiary/aromatic N) is 3. The predicted octanol–water partition coefficient (Wildman–Crippen LogP) is 2.59. The van der Waals surface area contributed by atoms with Gasteiger partial charge < -0.3 is 103 Å². The molecule has 78 heavy (non-hydrogen) atoms. The third-order valence-corrected chi connectivity index (χ3v) is 14.0. The Morgan fingerprint density at radius 2 is 0.987 bits per heavy atom. The number of amides is 3. The molecule has 31 heteroatoms. The van der Waals surface area contributed by atoms with E-state index < -0.39 is 103 Å². The summed E-state index contributed by atoms with van der Waals surface area (Å²) in [6.07, 6.45) is -0.811. The molecule has 0 aromatic rings. The third kappa shape index (κ3) is 19.4. The average molecular weight is 1170 g/mol. The number of phosphoric acid groups is 1. The van der Waals surface area contributed by atoms with Gasteiger partial charge in [-0.15, -0.1) is 0 Å². The molecule has 9 N–H and O–H groups in total. The van der Waals surface area contributed by atoms with Crippen molar-refractivity contribution in [1.82, 2.24) is 30.7 Å². The first kappa shape index (κ1) is 68.3. The second-order valence-corrected chi connectivity index (χ2v) is 23.4. The fourth-order valence-electron chi connectivity index (χ4n) is 8.91. The monoisotopic (exact) mass is 1170 g/mol. The molecule has 0 aromatic heterocycles. The number of hydrogen-bond acceptors (Lipinski definition) is 19. The molecule has 0 bridgehead atoms. The Morgan fingerprint density at radius 3 is 1.36 bits per heavy atom. The SMILES string of the molecule is C.C=C1NC(=O)C=CN1[C@@H]1O[C@H](/C(C)=C/P(=O)(O)O)[C@H](OC(C)C)C1OC.C=C1NC(=O)C=CN1[C@@H]1O[C@H](C(C)OP(=O)(O)O)[C@H](OC(C)C)C1OC.C=C1NC(=O)C=CN1[C@@H]1O[C@H](CCP(=O)(O)O)[C@H](OC(C)C)C1OC. The number of ether oxygens (including phenoxy) is 9. The van der Waals surface area contributed by atoms with E-state index in [0.29, 0.717) is 17.2 Å². The van der Waals surface area contributed by atoms with Crippen LogP contribution in [0.1, 0.15) is 69.2 Å². The summed E-state index contributed by atoms with van der Waals surface area (Å²) in [5.74, 6) is 0.888. The van der Waals surface area contributed by atoms with Crippen molar-refractivity contribution in [2.75, 3.05) is 27.5 Å². The number of carbonyl (C=O) groups excluding carboxylic acids is 3. The van der Waals surface area contributed by atoms with Gasteiger partial charge in [0.2, 0.25) is 0 Å².